The second kappa shape index (κ2) is 25.4. The number of hydrogen-bond acceptors (Lipinski definition) is 4. The maximum Gasteiger partial charge on any atom is 0.416 e. The van der Waals surface area contributed by atoms with E-state index >= 15 is 0 Å². The monoisotopic (exact) mass is 711 g/mol. The van der Waals surface area contributed by atoms with Gasteiger partial charge in [-0.25, -0.2) is 13.1 Å². The van der Waals surface area contributed by atoms with Crippen molar-refractivity contribution in [3.05, 3.63) is 65.2 Å². The molecule has 2 unspecified atom stereocenters. The van der Waals surface area contributed by atoms with Crippen LogP contribution >= 0.6 is 0 Å². The number of ketones is 2. The summed E-state index contributed by atoms with van der Waals surface area (Å²) in [6.07, 6.45) is 9.74. The quantitative estimate of drug-likeness (QED) is 0.198. The van der Waals surface area contributed by atoms with Gasteiger partial charge >= 0.3 is 6.18 Å². The highest BCUT2D eigenvalue weighted by atomic mass is 32.2. The van der Waals surface area contributed by atoms with Gasteiger partial charge in [0.05, 0.1) is 10.5 Å². The number of hydrogen-bond donors (Lipinski definition) is 1. The maximum absolute atomic E-state index is 12.6. The lowest BCUT2D eigenvalue weighted by molar-refractivity contribution is -0.137. The van der Waals surface area contributed by atoms with Gasteiger partial charge in [0.2, 0.25) is 10.0 Å². The molecule has 1 aliphatic carbocycles. The Hall–Kier alpha value is -2.52. The second-order valence-electron chi connectivity index (χ2n) is 13.5. The standard InChI is InChI=1S/C15H22O.C14H18F3NO3S.C7H14.C4H10/c1-5-12(3)15(13(4)16)10-14-8-6-11(2)7-9-14;1-11(19)6-3-2-4-9-18-22(20,21)13-8-5-7-12(10-13)14(15,16)17;1-7-5-3-2-4-6-7;1-3-4-2/h6-9,12,15H,5,10H2,1-4H3;5,7-8,10,18H,2-4,6,9H2,1H3;7H,2-6H2,1H3;3-4H2,1-2H3. The van der Waals surface area contributed by atoms with E-state index in [0.717, 1.165) is 37.0 Å². The van der Waals surface area contributed by atoms with E-state index in [0.29, 0.717) is 43.5 Å². The van der Waals surface area contributed by atoms with Gasteiger partial charge in [0, 0.05) is 18.9 Å². The molecule has 2 aromatic carbocycles. The molecule has 1 aliphatic rings. The third-order valence-electron chi connectivity index (χ3n) is 8.79. The van der Waals surface area contributed by atoms with Crippen molar-refractivity contribution in [2.45, 2.75) is 150 Å². The summed E-state index contributed by atoms with van der Waals surface area (Å²) in [5.41, 5.74) is 1.54. The molecule has 280 valence electrons. The normalized spacial score (nSPS) is 14.5. The Bertz CT molecular complexity index is 1290. The van der Waals surface area contributed by atoms with Crippen molar-refractivity contribution in [3.8, 4) is 0 Å². The number of unbranched alkanes of at least 4 members (excludes halogenated alkanes) is 3. The van der Waals surface area contributed by atoms with Gasteiger partial charge in [-0.15, -0.1) is 0 Å². The van der Waals surface area contributed by atoms with Crippen LogP contribution in [0.1, 0.15) is 142 Å². The minimum absolute atomic E-state index is 0.0737. The van der Waals surface area contributed by atoms with Gasteiger partial charge in [-0.3, -0.25) is 4.79 Å². The molecule has 3 rings (SSSR count). The van der Waals surface area contributed by atoms with Crippen LogP contribution in [0.5, 0.6) is 0 Å². The first-order valence-electron chi connectivity index (χ1n) is 18.2. The van der Waals surface area contributed by atoms with Gasteiger partial charge in [-0.05, 0) is 75.6 Å². The molecule has 5 nitrogen and oxygen atoms in total. The van der Waals surface area contributed by atoms with Gasteiger partial charge in [0.1, 0.15) is 11.6 Å². The minimum Gasteiger partial charge on any atom is -0.300 e. The third-order valence-corrected chi connectivity index (χ3v) is 10.3. The number of sulfonamides is 1. The van der Waals surface area contributed by atoms with E-state index in [1.807, 2.05) is 0 Å². The van der Waals surface area contributed by atoms with Crippen LogP contribution in [0.25, 0.3) is 0 Å². The Balaban J connectivity index is 0.000000736. The van der Waals surface area contributed by atoms with E-state index in [1.165, 1.54) is 63.0 Å². The van der Waals surface area contributed by atoms with Crippen molar-refractivity contribution in [3.63, 3.8) is 0 Å². The summed E-state index contributed by atoms with van der Waals surface area (Å²) in [4.78, 5) is 21.9. The molecule has 0 bridgehead atoms. The Labute approximate surface area is 296 Å². The molecular formula is C40H64F3NO4S. The number of benzene rings is 2. The van der Waals surface area contributed by atoms with Crippen molar-refractivity contribution < 1.29 is 31.2 Å². The van der Waals surface area contributed by atoms with Crippen molar-refractivity contribution in [1.29, 1.82) is 0 Å². The molecule has 0 heterocycles. The lowest BCUT2D eigenvalue weighted by Crippen LogP contribution is -2.25. The Morgan fingerprint density at radius 2 is 1.49 bits per heavy atom. The van der Waals surface area contributed by atoms with Crippen LogP contribution < -0.4 is 4.72 Å². The topological polar surface area (TPSA) is 80.3 Å². The molecule has 49 heavy (non-hydrogen) atoms. The number of carbonyl (C=O) groups is 2. The lowest BCUT2D eigenvalue weighted by Gasteiger charge is -2.20. The number of alkyl halides is 3. The van der Waals surface area contributed by atoms with Crippen LogP contribution in [0.4, 0.5) is 13.2 Å². The summed E-state index contributed by atoms with van der Waals surface area (Å²) < 4.78 is 63.8. The number of aryl methyl sites for hydroxylation is 1. The van der Waals surface area contributed by atoms with Crippen LogP contribution in [-0.2, 0) is 32.2 Å². The van der Waals surface area contributed by atoms with Crippen molar-refractivity contribution in [1.82, 2.24) is 4.72 Å². The first kappa shape index (κ1) is 46.5. The summed E-state index contributed by atoms with van der Waals surface area (Å²) >= 11 is 0. The van der Waals surface area contributed by atoms with Crippen LogP contribution in [0.3, 0.4) is 0 Å². The van der Waals surface area contributed by atoms with E-state index < -0.39 is 26.7 Å². The molecule has 1 N–H and O–H groups in total. The van der Waals surface area contributed by atoms with E-state index in [4.69, 9.17) is 0 Å². The summed E-state index contributed by atoms with van der Waals surface area (Å²) in [6.45, 7) is 16.4. The predicted molar refractivity (Wildman–Crippen MR) is 197 cm³/mol. The Morgan fingerprint density at radius 3 is 1.94 bits per heavy atom. The molecule has 1 fully saturated rings. The fourth-order valence-corrected chi connectivity index (χ4v) is 6.24. The first-order valence-corrected chi connectivity index (χ1v) is 19.7. The Kier molecular flexibility index (Phi) is 24.1. The first-order chi connectivity index (χ1) is 23.0. The Morgan fingerprint density at radius 1 is 0.898 bits per heavy atom. The number of carbonyl (C=O) groups excluding carboxylic acids is 2. The molecule has 0 aromatic heterocycles. The maximum atomic E-state index is 12.6. The number of rotatable bonds is 14. The minimum atomic E-state index is -4.59. The van der Waals surface area contributed by atoms with E-state index in [-0.39, 0.29) is 18.2 Å². The van der Waals surface area contributed by atoms with E-state index in [9.17, 15) is 31.2 Å². The summed E-state index contributed by atoms with van der Waals surface area (Å²) in [5.74, 6) is 2.07. The van der Waals surface area contributed by atoms with Gasteiger partial charge in [0.15, 0.2) is 0 Å². The molecule has 0 amide bonds. The average molecular weight is 712 g/mol. The fourth-order valence-electron chi connectivity index (χ4n) is 5.12. The zero-order chi connectivity index (χ0) is 37.5. The molecule has 2 aromatic rings. The molecule has 0 saturated heterocycles. The van der Waals surface area contributed by atoms with Crippen LogP contribution in [0.2, 0.25) is 0 Å². The van der Waals surface area contributed by atoms with Gasteiger partial charge in [-0.2, -0.15) is 13.2 Å². The SMILES string of the molecule is CC(=O)CCCCCNS(=O)(=O)c1cccc(C(F)(F)F)c1.CC1CCCCC1.CCC(C)C(Cc1ccc(C)cc1)C(C)=O.CCCC. The fraction of sp³-hybridized carbons (Fsp3) is 0.650. The van der Waals surface area contributed by atoms with Crippen LogP contribution in [0.15, 0.2) is 53.4 Å². The third kappa shape index (κ3) is 22.0. The van der Waals surface area contributed by atoms with Crippen molar-refractivity contribution in [2.75, 3.05) is 6.54 Å². The van der Waals surface area contributed by atoms with Gasteiger partial charge < -0.3 is 4.79 Å². The summed E-state index contributed by atoms with van der Waals surface area (Å²) in [6, 6.07) is 12.1. The van der Waals surface area contributed by atoms with Crippen LogP contribution in [0, 0.1) is 24.7 Å². The van der Waals surface area contributed by atoms with E-state index in [1.54, 1.807) is 6.92 Å². The highest BCUT2D eigenvalue weighted by Gasteiger charge is 2.31. The second-order valence-corrected chi connectivity index (χ2v) is 15.2. The van der Waals surface area contributed by atoms with Gasteiger partial charge in [-0.1, -0.05) is 128 Å². The predicted octanol–water partition coefficient (Wildman–Crippen LogP) is 11.3. The zero-order valence-electron chi connectivity index (χ0n) is 31.4. The highest BCUT2D eigenvalue weighted by Crippen LogP contribution is 2.30. The molecule has 0 spiro atoms. The van der Waals surface area contributed by atoms with E-state index in [2.05, 4.69) is 70.5 Å². The zero-order valence-corrected chi connectivity index (χ0v) is 32.2. The average Bonchev–Trinajstić information content (AvgIpc) is 3.06. The number of nitrogens with one attached hydrogen (secondary N) is 1. The molecular weight excluding hydrogens is 648 g/mol. The number of Topliss-reactive ketones (excluding diaryl/α,β-unsaturated/α-hetero) is 2. The summed E-state index contributed by atoms with van der Waals surface area (Å²) in [5, 5.41) is 0. The summed E-state index contributed by atoms with van der Waals surface area (Å²) in [7, 11) is -3.96. The smallest absolute Gasteiger partial charge is 0.300 e. The molecule has 1 saturated carbocycles. The molecule has 0 aliphatic heterocycles. The molecule has 0 radical (unpaired) electrons. The largest absolute Gasteiger partial charge is 0.416 e. The molecule has 2 atom stereocenters. The highest BCUT2D eigenvalue weighted by molar-refractivity contribution is 7.89. The van der Waals surface area contributed by atoms with Crippen LogP contribution in [-0.4, -0.2) is 26.5 Å². The number of halogens is 3. The molecule has 9 heteroatoms. The van der Waals surface area contributed by atoms with Crippen molar-refractivity contribution >= 4 is 21.6 Å². The van der Waals surface area contributed by atoms with Crippen molar-refractivity contribution in [2.24, 2.45) is 17.8 Å². The van der Waals surface area contributed by atoms with Gasteiger partial charge in [0.25, 0.3) is 0 Å². The lowest BCUT2D eigenvalue weighted by atomic mass is 9.84.